The van der Waals surface area contributed by atoms with Crippen LogP contribution in [0.25, 0.3) is 0 Å². The summed E-state index contributed by atoms with van der Waals surface area (Å²) in [7, 11) is -2.06. The smallest absolute Gasteiger partial charge is 0.301 e. The van der Waals surface area contributed by atoms with E-state index in [0.717, 1.165) is 18.4 Å². The van der Waals surface area contributed by atoms with Crippen LogP contribution in [0.1, 0.15) is 18.4 Å². The predicted octanol–water partition coefficient (Wildman–Crippen LogP) is 1.33. The zero-order valence-corrected chi connectivity index (χ0v) is 13.3. The number of rotatable bonds is 5. The second-order valence-corrected chi connectivity index (χ2v) is 7.08. The van der Waals surface area contributed by atoms with E-state index in [4.69, 9.17) is 10.5 Å². The number of nitrogens with zero attached hydrogens (tertiary/aromatic N) is 1. The predicted molar refractivity (Wildman–Crippen MR) is 83.6 cm³/mol. The number of anilines is 1. The van der Waals surface area contributed by atoms with E-state index in [1.807, 2.05) is 13.0 Å². The number of methoxy groups -OCH3 is 1. The van der Waals surface area contributed by atoms with Crippen molar-refractivity contribution in [1.82, 2.24) is 4.31 Å². The Balaban J connectivity index is 2.19. The van der Waals surface area contributed by atoms with Crippen molar-refractivity contribution in [2.75, 3.05) is 31.5 Å². The van der Waals surface area contributed by atoms with Gasteiger partial charge in [0.05, 0.1) is 12.8 Å². The summed E-state index contributed by atoms with van der Waals surface area (Å²) in [6.45, 7) is 3.42. The summed E-state index contributed by atoms with van der Waals surface area (Å²) >= 11 is 0. The monoisotopic (exact) mass is 313 g/mol. The minimum absolute atomic E-state index is 0.231. The summed E-state index contributed by atoms with van der Waals surface area (Å²) < 4.78 is 34.3. The molecular weight excluding hydrogens is 290 g/mol. The fourth-order valence-electron chi connectivity index (χ4n) is 2.54. The highest BCUT2D eigenvalue weighted by molar-refractivity contribution is 7.90. The van der Waals surface area contributed by atoms with Crippen LogP contribution in [0.5, 0.6) is 5.75 Å². The van der Waals surface area contributed by atoms with Gasteiger partial charge in [0.25, 0.3) is 0 Å². The van der Waals surface area contributed by atoms with Crippen LogP contribution in [0.15, 0.2) is 18.2 Å². The van der Waals surface area contributed by atoms with Gasteiger partial charge < -0.3 is 10.5 Å². The third-order valence-electron chi connectivity index (χ3n) is 3.75. The Hall–Kier alpha value is -1.31. The summed E-state index contributed by atoms with van der Waals surface area (Å²) in [5.74, 6) is 0.742. The molecule has 21 heavy (non-hydrogen) atoms. The Morgan fingerprint density at radius 1 is 1.48 bits per heavy atom. The van der Waals surface area contributed by atoms with Crippen molar-refractivity contribution < 1.29 is 13.2 Å². The first-order valence-electron chi connectivity index (χ1n) is 7.09. The normalized spacial score (nSPS) is 20.2. The lowest BCUT2D eigenvalue weighted by atomic mass is 10.0. The molecule has 7 heteroatoms. The van der Waals surface area contributed by atoms with E-state index in [0.29, 0.717) is 31.1 Å². The molecule has 3 N–H and O–H groups in total. The number of nitrogens with one attached hydrogen (secondary N) is 1. The molecule has 0 aliphatic carbocycles. The SMILES string of the molecule is COc1ccc(C)cc1NS(=O)(=O)N1CCCC(CN)C1. The van der Waals surface area contributed by atoms with Gasteiger partial charge in [-0.3, -0.25) is 4.72 Å². The number of nitrogens with two attached hydrogens (primary N) is 1. The third-order valence-corrected chi connectivity index (χ3v) is 5.24. The van der Waals surface area contributed by atoms with Crippen LogP contribution >= 0.6 is 0 Å². The lowest BCUT2D eigenvalue weighted by molar-refractivity contribution is 0.272. The number of benzene rings is 1. The second kappa shape index (κ2) is 6.64. The maximum atomic E-state index is 12.5. The van der Waals surface area contributed by atoms with Crippen molar-refractivity contribution >= 4 is 15.9 Å². The Labute approximate surface area is 126 Å². The van der Waals surface area contributed by atoms with Gasteiger partial charge in [-0.05, 0) is 49.9 Å². The van der Waals surface area contributed by atoms with E-state index < -0.39 is 10.2 Å². The molecule has 0 radical (unpaired) electrons. The fourth-order valence-corrected chi connectivity index (χ4v) is 3.89. The largest absolute Gasteiger partial charge is 0.495 e. The molecule has 1 aliphatic rings. The van der Waals surface area contributed by atoms with Crippen LogP contribution in [0.3, 0.4) is 0 Å². The average Bonchev–Trinajstić information content (AvgIpc) is 2.47. The van der Waals surface area contributed by atoms with Gasteiger partial charge in [-0.15, -0.1) is 0 Å². The van der Waals surface area contributed by atoms with E-state index in [9.17, 15) is 8.42 Å². The molecule has 0 spiro atoms. The Bertz CT molecular complexity index is 589. The number of ether oxygens (including phenoxy) is 1. The Kier molecular flexibility index (Phi) is 5.08. The van der Waals surface area contributed by atoms with E-state index >= 15 is 0 Å². The van der Waals surface area contributed by atoms with Gasteiger partial charge >= 0.3 is 10.2 Å². The third kappa shape index (κ3) is 3.87. The maximum Gasteiger partial charge on any atom is 0.301 e. The van der Waals surface area contributed by atoms with Crippen LogP contribution in [0, 0.1) is 12.8 Å². The molecule has 0 amide bonds. The molecule has 1 fully saturated rings. The van der Waals surface area contributed by atoms with E-state index in [2.05, 4.69) is 4.72 Å². The molecule has 118 valence electrons. The van der Waals surface area contributed by atoms with Crippen LogP contribution < -0.4 is 15.2 Å². The van der Waals surface area contributed by atoms with Crippen molar-refractivity contribution in [3.63, 3.8) is 0 Å². The van der Waals surface area contributed by atoms with Crippen LogP contribution in [-0.4, -0.2) is 39.5 Å². The molecule has 0 bridgehead atoms. The van der Waals surface area contributed by atoms with E-state index in [-0.39, 0.29) is 5.92 Å². The van der Waals surface area contributed by atoms with Crippen molar-refractivity contribution in [1.29, 1.82) is 0 Å². The van der Waals surface area contributed by atoms with Gasteiger partial charge in [-0.25, -0.2) is 0 Å². The van der Waals surface area contributed by atoms with E-state index in [1.54, 1.807) is 12.1 Å². The Morgan fingerprint density at radius 3 is 2.90 bits per heavy atom. The Morgan fingerprint density at radius 2 is 2.24 bits per heavy atom. The molecule has 1 aromatic rings. The second-order valence-electron chi connectivity index (χ2n) is 5.41. The number of hydrogen-bond acceptors (Lipinski definition) is 4. The summed E-state index contributed by atoms with van der Waals surface area (Å²) in [6.07, 6.45) is 1.82. The molecule has 6 nitrogen and oxygen atoms in total. The molecule has 1 aromatic carbocycles. The quantitative estimate of drug-likeness (QED) is 0.859. The zero-order chi connectivity index (χ0) is 15.5. The molecular formula is C14H23N3O3S. The molecule has 1 unspecified atom stereocenters. The van der Waals surface area contributed by atoms with Crippen molar-refractivity contribution in [2.45, 2.75) is 19.8 Å². The summed E-state index contributed by atoms with van der Waals surface area (Å²) in [5.41, 5.74) is 7.09. The molecule has 2 rings (SSSR count). The van der Waals surface area contributed by atoms with Crippen molar-refractivity contribution in [3.8, 4) is 5.75 Å². The van der Waals surface area contributed by atoms with Crippen LogP contribution in [0.4, 0.5) is 5.69 Å². The standard InChI is InChI=1S/C14H23N3O3S/c1-11-5-6-14(20-2)13(8-11)16-21(18,19)17-7-3-4-12(9-15)10-17/h5-6,8,12,16H,3-4,7,9-10,15H2,1-2H3. The highest BCUT2D eigenvalue weighted by Gasteiger charge is 2.28. The van der Waals surface area contributed by atoms with Gasteiger partial charge in [0, 0.05) is 13.1 Å². The van der Waals surface area contributed by atoms with Crippen LogP contribution in [-0.2, 0) is 10.2 Å². The summed E-state index contributed by atoms with van der Waals surface area (Å²) in [4.78, 5) is 0. The molecule has 1 saturated heterocycles. The molecule has 1 heterocycles. The van der Waals surface area contributed by atoms with Gasteiger partial charge in [-0.1, -0.05) is 6.07 Å². The maximum absolute atomic E-state index is 12.5. The zero-order valence-electron chi connectivity index (χ0n) is 12.5. The molecule has 0 saturated carbocycles. The number of aryl methyl sites for hydroxylation is 1. The first kappa shape index (κ1) is 16.1. The fraction of sp³-hybridized carbons (Fsp3) is 0.571. The first-order chi connectivity index (χ1) is 9.96. The number of piperidine rings is 1. The average molecular weight is 313 g/mol. The molecule has 1 aliphatic heterocycles. The highest BCUT2D eigenvalue weighted by atomic mass is 32.2. The highest BCUT2D eigenvalue weighted by Crippen LogP contribution is 2.28. The van der Waals surface area contributed by atoms with Crippen LogP contribution in [0.2, 0.25) is 0 Å². The summed E-state index contributed by atoms with van der Waals surface area (Å²) in [5, 5.41) is 0. The van der Waals surface area contributed by atoms with Crippen molar-refractivity contribution in [3.05, 3.63) is 23.8 Å². The van der Waals surface area contributed by atoms with Gasteiger partial charge in [0.2, 0.25) is 0 Å². The lowest BCUT2D eigenvalue weighted by Gasteiger charge is -2.31. The minimum atomic E-state index is -3.58. The lowest BCUT2D eigenvalue weighted by Crippen LogP contribution is -2.44. The topological polar surface area (TPSA) is 84.7 Å². The van der Waals surface area contributed by atoms with Gasteiger partial charge in [0.1, 0.15) is 5.75 Å². The first-order valence-corrected chi connectivity index (χ1v) is 8.53. The van der Waals surface area contributed by atoms with Gasteiger partial charge in [-0.2, -0.15) is 12.7 Å². The van der Waals surface area contributed by atoms with E-state index in [1.165, 1.54) is 11.4 Å². The number of hydrogen-bond donors (Lipinski definition) is 2. The van der Waals surface area contributed by atoms with Gasteiger partial charge in [0.15, 0.2) is 0 Å². The van der Waals surface area contributed by atoms with Crippen molar-refractivity contribution in [2.24, 2.45) is 11.7 Å². The minimum Gasteiger partial charge on any atom is -0.495 e. The molecule has 0 aromatic heterocycles. The summed E-state index contributed by atoms with van der Waals surface area (Å²) in [6, 6.07) is 5.40. The molecule has 1 atom stereocenters.